The molecule has 1 aromatic carbocycles. The Kier molecular flexibility index (Phi) is 5.69. The van der Waals surface area contributed by atoms with E-state index in [1.165, 1.54) is 17.3 Å². The summed E-state index contributed by atoms with van der Waals surface area (Å²) in [4.78, 5) is 12.8. The van der Waals surface area contributed by atoms with E-state index in [0.717, 1.165) is 11.3 Å². The first-order valence-electron chi connectivity index (χ1n) is 6.15. The molecule has 0 aliphatic rings. The van der Waals surface area contributed by atoms with Gasteiger partial charge in [0.1, 0.15) is 4.75 Å². The highest BCUT2D eigenvalue weighted by molar-refractivity contribution is 8.01. The minimum Gasteiger partial charge on any atom is -0.465 e. The van der Waals surface area contributed by atoms with E-state index in [1.807, 2.05) is 32.9 Å². The number of carbonyl (C=O) groups excluding carboxylic acids is 1. The van der Waals surface area contributed by atoms with Gasteiger partial charge in [-0.2, -0.15) is 0 Å². The van der Waals surface area contributed by atoms with Crippen molar-refractivity contribution < 1.29 is 9.53 Å². The van der Waals surface area contributed by atoms with E-state index in [-0.39, 0.29) is 5.97 Å². The molecule has 0 saturated carbocycles. The number of hydrogen-bond donors (Lipinski definition) is 1. The van der Waals surface area contributed by atoms with Crippen molar-refractivity contribution in [3.8, 4) is 0 Å². The zero-order valence-electron chi connectivity index (χ0n) is 11.2. The molecule has 0 aromatic heterocycles. The maximum Gasteiger partial charge on any atom is 0.321 e. The Hall–Kier alpha value is -1.00. The van der Waals surface area contributed by atoms with E-state index >= 15 is 0 Å². The molecule has 0 fully saturated rings. The van der Waals surface area contributed by atoms with E-state index < -0.39 is 4.75 Å². The van der Waals surface area contributed by atoms with Crippen LogP contribution in [0.4, 0.5) is 0 Å². The number of hydrogen-bond acceptors (Lipinski definition) is 4. The van der Waals surface area contributed by atoms with E-state index in [9.17, 15) is 4.79 Å². The second kappa shape index (κ2) is 6.81. The second-order valence-electron chi connectivity index (χ2n) is 4.52. The zero-order chi connectivity index (χ0) is 13.6. The van der Waals surface area contributed by atoms with Crippen molar-refractivity contribution in [2.24, 2.45) is 5.73 Å². The molecule has 0 aliphatic heterocycles. The molecule has 18 heavy (non-hydrogen) atoms. The number of benzene rings is 1. The highest BCUT2D eigenvalue weighted by Gasteiger charge is 2.30. The Morgan fingerprint density at radius 2 is 1.94 bits per heavy atom. The normalized spacial score (nSPS) is 11.3. The predicted molar refractivity (Wildman–Crippen MR) is 75.8 cm³/mol. The summed E-state index contributed by atoms with van der Waals surface area (Å²) in [6.07, 6.45) is 0.881. The van der Waals surface area contributed by atoms with Crippen LogP contribution >= 0.6 is 11.8 Å². The molecule has 0 atom stereocenters. The molecular weight excluding hydrogens is 246 g/mol. The molecule has 3 nitrogen and oxygen atoms in total. The number of carbonyl (C=O) groups is 1. The first-order valence-corrected chi connectivity index (χ1v) is 6.96. The molecule has 0 saturated heterocycles. The molecule has 1 aromatic rings. The Morgan fingerprint density at radius 1 is 1.33 bits per heavy atom. The number of rotatable bonds is 6. The van der Waals surface area contributed by atoms with Gasteiger partial charge in [0.15, 0.2) is 0 Å². The SMILES string of the molecule is CCOC(=O)C(C)(C)Sc1ccc(CCN)cc1. The molecule has 2 N–H and O–H groups in total. The fourth-order valence-corrected chi connectivity index (χ4v) is 2.54. The molecule has 0 aliphatic carbocycles. The molecule has 100 valence electrons. The van der Waals surface area contributed by atoms with Gasteiger partial charge in [0.05, 0.1) is 6.61 Å². The molecule has 0 radical (unpaired) electrons. The minimum absolute atomic E-state index is 0.180. The Morgan fingerprint density at radius 3 is 2.44 bits per heavy atom. The van der Waals surface area contributed by atoms with Crippen molar-refractivity contribution in [2.75, 3.05) is 13.2 Å². The average Bonchev–Trinajstić information content (AvgIpc) is 2.32. The van der Waals surface area contributed by atoms with Gasteiger partial charge in [-0.05, 0) is 51.4 Å². The summed E-state index contributed by atoms with van der Waals surface area (Å²) in [5, 5.41) is 0. The smallest absolute Gasteiger partial charge is 0.321 e. The zero-order valence-corrected chi connectivity index (χ0v) is 12.0. The van der Waals surface area contributed by atoms with Crippen molar-refractivity contribution in [1.82, 2.24) is 0 Å². The lowest BCUT2D eigenvalue weighted by Crippen LogP contribution is -2.29. The molecule has 0 amide bonds. The monoisotopic (exact) mass is 267 g/mol. The highest BCUT2D eigenvalue weighted by atomic mass is 32.2. The summed E-state index contributed by atoms with van der Waals surface area (Å²) in [6.45, 7) is 6.65. The standard InChI is InChI=1S/C14H21NO2S/c1-4-17-13(16)14(2,3)18-12-7-5-11(6-8-12)9-10-15/h5-8H,4,9-10,15H2,1-3H3. The van der Waals surface area contributed by atoms with Gasteiger partial charge < -0.3 is 10.5 Å². The van der Waals surface area contributed by atoms with Crippen molar-refractivity contribution in [1.29, 1.82) is 0 Å². The average molecular weight is 267 g/mol. The van der Waals surface area contributed by atoms with Crippen molar-refractivity contribution >= 4 is 17.7 Å². The summed E-state index contributed by atoms with van der Waals surface area (Å²) in [7, 11) is 0. The third-order valence-corrected chi connectivity index (χ3v) is 3.68. The maximum absolute atomic E-state index is 11.8. The van der Waals surface area contributed by atoms with Gasteiger partial charge in [-0.15, -0.1) is 11.8 Å². The Labute approximate surface area is 113 Å². The molecule has 4 heteroatoms. The lowest BCUT2D eigenvalue weighted by Gasteiger charge is -2.21. The van der Waals surface area contributed by atoms with Crippen LogP contribution in [0.1, 0.15) is 26.3 Å². The maximum atomic E-state index is 11.8. The molecular formula is C14H21NO2S. The lowest BCUT2D eigenvalue weighted by atomic mass is 10.2. The van der Waals surface area contributed by atoms with Gasteiger partial charge in [-0.3, -0.25) is 4.79 Å². The van der Waals surface area contributed by atoms with E-state index in [0.29, 0.717) is 13.2 Å². The quantitative estimate of drug-likeness (QED) is 0.636. The van der Waals surface area contributed by atoms with Crippen LogP contribution in [-0.2, 0) is 16.0 Å². The van der Waals surface area contributed by atoms with Crippen molar-refractivity contribution in [2.45, 2.75) is 36.8 Å². The fraction of sp³-hybridized carbons (Fsp3) is 0.500. The van der Waals surface area contributed by atoms with Crippen LogP contribution in [0.5, 0.6) is 0 Å². The topological polar surface area (TPSA) is 52.3 Å². The van der Waals surface area contributed by atoms with Gasteiger partial charge in [0.25, 0.3) is 0 Å². The molecule has 1 rings (SSSR count). The second-order valence-corrected chi connectivity index (χ2v) is 6.21. The summed E-state index contributed by atoms with van der Waals surface area (Å²) in [6, 6.07) is 8.15. The van der Waals surface area contributed by atoms with Crippen LogP contribution in [-0.4, -0.2) is 23.9 Å². The number of ether oxygens (including phenoxy) is 1. The van der Waals surface area contributed by atoms with Gasteiger partial charge >= 0.3 is 5.97 Å². The van der Waals surface area contributed by atoms with Crippen molar-refractivity contribution in [3.63, 3.8) is 0 Å². The number of esters is 1. The van der Waals surface area contributed by atoms with Crippen LogP contribution < -0.4 is 5.73 Å². The molecule has 0 bridgehead atoms. The first-order chi connectivity index (χ1) is 8.49. The van der Waals surface area contributed by atoms with Gasteiger partial charge in [-0.25, -0.2) is 0 Å². The molecule has 0 heterocycles. The number of thioether (sulfide) groups is 1. The van der Waals surface area contributed by atoms with Gasteiger partial charge in [-0.1, -0.05) is 12.1 Å². The Balaban J connectivity index is 2.68. The summed E-state index contributed by atoms with van der Waals surface area (Å²) in [5.41, 5.74) is 6.73. The Bertz CT molecular complexity index is 387. The van der Waals surface area contributed by atoms with Crippen LogP contribution in [0.2, 0.25) is 0 Å². The lowest BCUT2D eigenvalue weighted by molar-refractivity contribution is -0.145. The van der Waals surface area contributed by atoms with Gasteiger partial charge in [0, 0.05) is 4.90 Å². The largest absolute Gasteiger partial charge is 0.465 e. The minimum atomic E-state index is -0.564. The van der Waals surface area contributed by atoms with E-state index in [4.69, 9.17) is 10.5 Å². The third-order valence-electron chi connectivity index (χ3n) is 2.50. The predicted octanol–water partition coefficient (Wildman–Crippen LogP) is 2.62. The van der Waals surface area contributed by atoms with E-state index in [1.54, 1.807) is 0 Å². The highest BCUT2D eigenvalue weighted by Crippen LogP contribution is 2.33. The van der Waals surface area contributed by atoms with E-state index in [2.05, 4.69) is 12.1 Å². The molecule has 0 unspecified atom stereocenters. The fourth-order valence-electron chi connectivity index (χ4n) is 1.53. The third kappa shape index (κ3) is 4.35. The van der Waals surface area contributed by atoms with Crippen molar-refractivity contribution in [3.05, 3.63) is 29.8 Å². The molecule has 0 spiro atoms. The summed E-state index contributed by atoms with van der Waals surface area (Å²) < 4.78 is 4.50. The van der Waals surface area contributed by atoms with Crippen LogP contribution in [0.25, 0.3) is 0 Å². The van der Waals surface area contributed by atoms with Gasteiger partial charge in [0.2, 0.25) is 0 Å². The van der Waals surface area contributed by atoms with Crippen LogP contribution in [0.15, 0.2) is 29.2 Å². The van der Waals surface area contributed by atoms with Crippen LogP contribution in [0.3, 0.4) is 0 Å². The number of nitrogens with two attached hydrogens (primary N) is 1. The first kappa shape index (κ1) is 15.1. The van der Waals surface area contributed by atoms with Crippen LogP contribution in [0, 0.1) is 0 Å². The summed E-state index contributed by atoms with van der Waals surface area (Å²) in [5.74, 6) is -0.180. The summed E-state index contributed by atoms with van der Waals surface area (Å²) >= 11 is 1.51.